The fraction of sp³-hybridized carbons (Fsp3) is 0.700. The van der Waals surface area contributed by atoms with Gasteiger partial charge in [0.2, 0.25) is 17.7 Å². The number of rotatable bonds is 3. The van der Waals surface area contributed by atoms with Gasteiger partial charge in [-0.2, -0.15) is 0 Å². The fourth-order valence-electron chi connectivity index (χ4n) is 1.53. The molecule has 0 aromatic rings. The summed E-state index contributed by atoms with van der Waals surface area (Å²) >= 11 is 0. The van der Waals surface area contributed by atoms with E-state index in [9.17, 15) is 14.4 Å². The first-order valence-electron chi connectivity index (χ1n) is 5.23. The molecule has 0 bridgehead atoms. The van der Waals surface area contributed by atoms with Crippen molar-refractivity contribution in [3.05, 3.63) is 0 Å². The molecular formula is C10H17N3O3. The van der Waals surface area contributed by atoms with Gasteiger partial charge in [0.15, 0.2) is 0 Å². The van der Waals surface area contributed by atoms with Crippen LogP contribution in [0.2, 0.25) is 0 Å². The van der Waals surface area contributed by atoms with Crippen molar-refractivity contribution < 1.29 is 14.4 Å². The molecule has 0 radical (unpaired) electrons. The van der Waals surface area contributed by atoms with E-state index in [1.54, 1.807) is 14.1 Å². The Bertz CT molecular complexity index is 314. The molecule has 3 amide bonds. The number of nitrogens with two attached hydrogens (primary N) is 1. The topological polar surface area (TPSA) is 83.7 Å². The summed E-state index contributed by atoms with van der Waals surface area (Å²) in [6, 6.07) is -0.604. The highest BCUT2D eigenvalue weighted by Gasteiger charge is 2.31. The molecule has 1 fully saturated rings. The first-order valence-corrected chi connectivity index (χ1v) is 5.23. The zero-order valence-corrected chi connectivity index (χ0v) is 9.60. The molecule has 16 heavy (non-hydrogen) atoms. The molecule has 0 aliphatic carbocycles. The van der Waals surface area contributed by atoms with Gasteiger partial charge in [0.25, 0.3) is 0 Å². The van der Waals surface area contributed by atoms with Gasteiger partial charge in [-0.15, -0.1) is 0 Å². The minimum absolute atomic E-state index is 0.111. The molecule has 1 unspecified atom stereocenters. The lowest BCUT2D eigenvalue weighted by Crippen LogP contribution is -2.51. The van der Waals surface area contributed by atoms with Gasteiger partial charge < -0.3 is 10.6 Å². The molecule has 1 atom stereocenters. The molecule has 90 valence electrons. The molecule has 1 heterocycles. The predicted octanol–water partition coefficient (Wildman–Crippen LogP) is -1.06. The molecule has 6 nitrogen and oxygen atoms in total. The first-order chi connectivity index (χ1) is 7.43. The molecule has 6 heteroatoms. The summed E-state index contributed by atoms with van der Waals surface area (Å²) in [4.78, 5) is 36.9. The van der Waals surface area contributed by atoms with Gasteiger partial charge in [0.1, 0.15) is 0 Å². The highest BCUT2D eigenvalue weighted by atomic mass is 16.2. The van der Waals surface area contributed by atoms with Crippen molar-refractivity contribution in [3.8, 4) is 0 Å². The van der Waals surface area contributed by atoms with Crippen molar-refractivity contribution in [2.75, 3.05) is 20.6 Å². The molecule has 1 saturated heterocycles. The summed E-state index contributed by atoms with van der Waals surface area (Å²) in [6.07, 6.45) is 0.829. The minimum Gasteiger partial charge on any atom is -0.349 e. The third-order valence-corrected chi connectivity index (χ3v) is 2.60. The summed E-state index contributed by atoms with van der Waals surface area (Å²) in [5.74, 6) is -0.721. The van der Waals surface area contributed by atoms with E-state index in [2.05, 4.69) is 0 Å². The molecule has 1 aliphatic heterocycles. The SMILES string of the molecule is CN(C)C(=O)CCN1C(=O)CCC(N)C1=O. The maximum atomic E-state index is 11.6. The van der Waals surface area contributed by atoms with Crippen LogP contribution in [-0.4, -0.2) is 54.2 Å². The van der Waals surface area contributed by atoms with Gasteiger partial charge in [-0.3, -0.25) is 19.3 Å². The smallest absolute Gasteiger partial charge is 0.246 e. The molecule has 1 rings (SSSR count). The second-order valence-electron chi connectivity index (χ2n) is 4.07. The van der Waals surface area contributed by atoms with Gasteiger partial charge >= 0.3 is 0 Å². The largest absolute Gasteiger partial charge is 0.349 e. The Morgan fingerprint density at radius 1 is 1.50 bits per heavy atom. The number of hydrogen-bond acceptors (Lipinski definition) is 4. The maximum absolute atomic E-state index is 11.6. The summed E-state index contributed by atoms with van der Waals surface area (Å²) in [6.45, 7) is 0.127. The molecule has 1 aliphatic rings. The molecule has 0 aromatic heterocycles. The van der Waals surface area contributed by atoms with E-state index in [1.165, 1.54) is 4.90 Å². The molecule has 0 aromatic carbocycles. The highest BCUT2D eigenvalue weighted by Crippen LogP contribution is 2.12. The van der Waals surface area contributed by atoms with Crippen LogP contribution in [0.3, 0.4) is 0 Å². The molecular weight excluding hydrogens is 210 g/mol. The zero-order chi connectivity index (χ0) is 12.3. The number of hydrogen-bond donors (Lipinski definition) is 1. The summed E-state index contributed by atoms with van der Waals surface area (Å²) < 4.78 is 0. The van der Waals surface area contributed by atoms with Gasteiger partial charge in [0, 0.05) is 33.5 Å². The lowest BCUT2D eigenvalue weighted by molar-refractivity contribution is -0.149. The number of carbonyl (C=O) groups excluding carboxylic acids is 3. The van der Waals surface area contributed by atoms with Crippen LogP contribution >= 0.6 is 0 Å². The van der Waals surface area contributed by atoms with Crippen molar-refractivity contribution in [1.82, 2.24) is 9.80 Å². The van der Waals surface area contributed by atoms with Crippen molar-refractivity contribution in [2.24, 2.45) is 5.73 Å². The minimum atomic E-state index is -0.604. The Morgan fingerprint density at radius 2 is 2.12 bits per heavy atom. The highest BCUT2D eigenvalue weighted by molar-refractivity contribution is 6.00. The second kappa shape index (κ2) is 5.07. The third-order valence-electron chi connectivity index (χ3n) is 2.60. The monoisotopic (exact) mass is 227 g/mol. The van der Waals surface area contributed by atoms with Gasteiger partial charge in [-0.05, 0) is 6.42 Å². The van der Waals surface area contributed by atoms with Gasteiger partial charge in [0.05, 0.1) is 6.04 Å². The number of likely N-dealkylation sites (tertiary alicyclic amines) is 1. The number of imide groups is 1. The Kier molecular flexibility index (Phi) is 4.00. The lowest BCUT2D eigenvalue weighted by atomic mass is 10.0. The number of amides is 3. The number of carbonyl (C=O) groups is 3. The van der Waals surface area contributed by atoms with Crippen molar-refractivity contribution in [3.63, 3.8) is 0 Å². The predicted molar refractivity (Wildman–Crippen MR) is 57.2 cm³/mol. The lowest BCUT2D eigenvalue weighted by Gasteiger charge is -2.28. The van der Waals surface area contributed by atoms with Gasteiger partial charge in [-0.1, -0.05) is 0 Å². The van der Waals surface area contributed by atoms with Crippen LogP contribution in [0.5, 0.6) is 0 Å². The normalized spacial score (nSPS) is 21.2. The van der Waals surface area contributed by atoms with Crippen molar-refractivity contribution >= 4 is 17.7 Å². The summed E-state index contributed by atoms with van der Waals surface area (Å²) in [5, 5.41) is 0. The number of nitrogens with zero attached hydrogens (tertiary/aromatic N) is 2. The van der Waals surface area contributed by atoms with E-state index >= 15 is 0 Å². The van der Waals surface area contributed by atoms with Crippen LogP contribution in [0.1, 0.15) is 19.3 Å². The zero-order valence-electron chi connectivity index (χ0n) is 9.60. The summed E-state index contributed by atoms with van der Waals surface area (Å²) in [7, 11) is 3.27. The Balaban J connectivity index is 2.54. The Labute approximate surface area is 94.4 Å². The van der Waals surface area contributed by atoms with Crippen LogP contribution < -0.4 is 5.73 Å². The maximum Gasteiger partial charge on any atom is 0.246 e. The van der Waals surface area contributed by atoms with E-state index in [-0.39, 0.29) is 37.1 Å². The summed E-state index contributed by atoms with van der Waals surface area (Å²) in [5.41, 5.74) is 5.56. The van der Waals surface area contributed by atoms with Gasteiger partial charge in [-0.25, -0.2) is 0 Å². The number of piperidine rings is 1. The van der Waals surface area contributed by atoms with Crippen LogP contribution in [0, 0.1) is 0 Å². The van der Waals surface area contributed by atoms with E-state index in [0.29, 0.717) is 6.42 Å². The van der Waals surface area contributed by atoms with Crippen LogP contribution in [0.15, 0.2) is 0 Å². The van der Waals surface area contributed by atoms with Crippen LogP contribution in [-0.2, 0) is 14.4 Å². The van der Waals surface area contributed by atoms with E-state index in [1.807, 2.05) is 0 Å². The quantitative estimate of drug-likeness (QED) is 0.623. The van der Waals surface area contributed by atoms with Crippen LogP contribution in [0.4, 0.5) is 0 Å². The van der Waals surface area contributed by atoms with Crippen molar-refractivity contribution in [1.29, 1.82) is 0 Å². The molecule has 0 saturated carbocycles. The first kappa shape index (κ1) is 12.6. The van der Waals surface area contributed by atoms with E-state index in [0.717, 1.165) is 4.90 Å². The average Bonchev–Trinajstić information content (AvgIpc) is 2.23. The Hall–Kier alpha value is -1.43. The Morgan fingerprint density at radius 3 is 2.69 bits per heavy atom. The molecule has 2 N–H and O–H groups in total. The van der Waals surface area contributed by atoms with Crippen LogP contribution in [0.25, 0.3) is 0 Å². The van der Waals surface area contributed by atoms with Crippen molar-refractivity contribution in [2.45, 2.75) is 25.3 Å². The van der Waals surface area contributed by atoms with E-state index in [4.69, 9.17) is 5.73 Å². The molecule has 0 spiro atoms. The third kappa shape index (κ3) is 2.79. The average molecular weight is 227 g/mol. The standard InChI is InChI=1S/C10H17N3O3/c1-12(2)8(14)5-6-13-9(15)4-3-7(11)10(13)16/h7H,3-6,11H2,1-2H3. The van der Waals surface area contributed by atoms with E-state index < -0.39 is 6.04 Å². The second-order valence-corrected chi connectivity index (χ2v) is 4.07. The fourth-order valence-corrected chi connectivity index (χ4v) is 1.53.